The van der Waals surface area contributed by atoms with E-state index in [1.165, 1.54) is 37.4 Å². The lowest BCUT2D eigenvalue weighted by molar-refractivity contribution is -0.384. The monoisotopic (exact) mass is 451 g/mol. The Bertz CT molecular complexity index is 1010. The van der Waals surface area contributed by atoms with Crippen LogP contribution >= 0.6 is 11.6 Å². The Morgan fingerprint density at radius 1 is 1.19 bits per heavy atom. The largest absolute Gasteiger partial charge is 0.496 e. The molecular formula is C19H22ClN5O6. The van der Waals surface area contributed by atoms with E-state index in [1.807, 2.05) is 0 Å². The van der Waals surface area contributed by atoms with E-state index in [0.29, 0.717) is 11.4 Å². The summed E-state index contributed by atoms with van der Waals surface area (Å²) in [6.45, 7) is 1.97. The number of nitrogens with zero attached hydrogens (tertiary/aromatic N) is 3. The van der Waals surface area contributed by atoms with Gasteiger partial charge in [0.15, 0.2) is 0 Å². The lowest BCUT2D eigenvalue weighted by atomic mass is 10.1. The quantitative estimate of drug-likeness (QED) is 0.436. The van der Waals surface area contributed by atoms with Crippen LogP contribution in [0.1, 0.15) is 17.3 Å². The number of rotatable bonds is 9. The van der Waals surface area contributed by atoms with Gasteiger partial charge in [-0.25, -0.2) is 0 Å². The Kier molecular flexibility index (Phi) is 7.59. The minimum Gasteiger partial charge on any atom is -0.496 e. The molecule has 0 unspecified atom stereocenters. The molecule has 2 N–H and O–H groups in total. The van der Waals surface area contributed by atoms with Crippen LogP contribution in [0.25, 0.3) is 0 Å². The Balaban J connectivity index is 2.14. The highest BCUT2D eigenvalue weighted by Crippen LogP contribution is 2.34. The molecule has 0 aliphatic heterocycles. The number of nitrogens with one attached hydrogen (secondary N) is 2. The number of hydrogen-bond acceptors (Lipinski definition) is 8. The first kappa shape index (κ1) is 23.7. The normalized spacial score (nSPS) is 11.4. The SMILES string of the molecule is COc1cc(N(C)C)c([N+](=O)[O-])cc1C(=O)N[C@@H](C)CNc1ccc([N+](=O)[O-])cc1Cl. The summed E-state index contributed by atoms with van der Waals surface area (Å²) in [5, 5.41) is 28.1. The Hall–Kier alpha value is -3.60. The molecule has 0 saturated heterocycles. The first-order chi connectivity index (χ1) is 14.5. The van der Waals surface area contributed by atoms with E-state index >= 15 is 0 Å². The molecule has 31 heavy (non-hydrogen) atoms. The summed E-state index contributed by atoms with van der Waals surface area (Å²) in [6, 6.07) is 6.22. The van der Waals surface area contributed by atoms with Crippen molar-refractivity contribution >= 4 is 40.3 Å². The number of carbonyl (C=O) groups excluding carboxylic acids is 1. The van der Waals surface area contributed by atoms with Gasteiger partial charge in [-0.1, -0.05) is 11.6 Å². The van der Waals surface area contributed by atoms with Gasteiger partial charge in [-0.05, 0) is 13.0 Å². The molecule has 1 atom stereocenters. The molecule has 11 nitrogen and oxygen atoms in total. The maximum atomic E-state index is 12.7. The van der Waals surface area contributed by atoms with E-state index < -0.39 is 21.8 Å². The van der Waals surface area contributed by atoms with Gasteiger partial charge in [0, 0.05) is 50.9 Å². The highest BCUT2D eigenvalue weighted by atomic mass is 35.5. The number of halogens is 1. The number of non-ortho nitro benzene ring substituents is 1. The first-order valence-electron chi connectivity index (χ1n) is 9.07. The number of carbonyl (C=O) groups is 1. The van der Waals surface area contributed by atoms with Crippen molar-refractivity contribution in [1.29, 1.82) is 0 Å². The molecule has 2 aromatic rings. The minimum absolute atomic E-state index is 0.0278. The molecule has 0 aromatic heterocycles. The van der Waals surface area contributed by atoms with Crippen LogP contribution in [-0.4, -0.2) is 49.5 Å². The molecule has 0 heterocycles. The molecule has 0 radical (unpaired) electrons. The van der Waals surface area contributed by atoms with Crippen molar-refractivity contribution in [2.24, 2.45) is 0 Å². The lowest BCUT2D eigenvalue weighted by Gasteiger charge is -2.19. The maximum Gasteiger partial charge on any atom is 0.293 e. The van der Waals surface area contributed by atoms with E-state index in [2.05, 4.69) is 10.6 Å². The van der Waals surface area contributed by atoms with Crippen molar-refractivity contribution in [2.75, 3.05) is 38.0 Å². The predicted molar refractivity (Wildman–Crippen MR) is 117 cm³/mol. The Labute approximate surface area is 183 Å². The summed E-state index contributed by atoms with van der Waals surface area (Å²) in [6.07, 6.45) is 0. The summed E-state index contributed by atoms with van der Waals surface area (Å²) >= 11 is 6.05. The van der Waals surface area contributed by atoms with Crippen molar-refractivity contribution in [3.8, 4) is 5.75 Å². The molecule has 2 rings (SSSR count). The molecule has 12 heteroatoms. The predicted octanol–water partition coefficient (Wildman–Crippen LogP) is 3.46. The Morgan fingerprint density at radius 2 is 1.87 bits per heavy atom. The van der Waals surface area contributed by atoms with Crippen molar-refractivity contribution < 1.29 is 19.4 Å². The van der Waals surface area contributed by atoms with Gasteiger partial charge in [-0.15, -0.1) is 0 Å². The molecule has 0 bridgehead atoms. The molecule has 2 aromatic carbocycles. The number of amides is 1. The smallest absolute Gasteiger partial charge is 0.293 e. The molecule has 0 aliphatic carbocycles. The third-order valence-electron chi connectivity index (χ3n) is 4.36. The van der Waals surface area contributed by atoms with E-state index in [0.717, 1.165) is 0 Å². The topological polar surface area (TPSA) is 140 Å². The maximum absolute atomic E-state index is 12.7. The van der Waals surface area contributed by atoms with Crippen LogP contribution in [0.2, 0.25) is 5.02 Å². The van der Waals surface area contributed by atoms with E-state index in [1.54, 1.807) is 25.9 Å². The van der Waals surface area contributed by atoms with E-state index in [9.17, 15) is 25.0 Å². The van der Waals surface area contributed by atoms with E-state index in [-0.39, 0.29) is 34.3 Å². The summed E-state index contributed by atoms with van der Waals surface area (Å²) in [5.74, 6) is -0.347. The molecule has 0 fully saturated rings. The second-order valence-corrected chi connectivity index (χ2v) is 7.28. The molecular weight excluding hydrogens is 430 g/mol. The van der Waals surface area contributed by atoms with Crippen LogP contribution < -0.4 is 20.3 Å². The van der Waals surface area contributed by atoms with Gasteiger partial charge < -0.3 is 20.3 Å². The summed E-state index contributed by atoms with van der Waals surface area (Å²) in [4.78, 5) is 35.4. The van der Waals surface area contributed by atoms with Crippen LogP contribution in [0.4, 0.5) is 22.7 Å². The fraction of sp³-hybridized carbons (Fsp3) is 0.316. The van der Waals surface area contributed by atoms with Crippen LogP contribution in [0.3, 0.4) is 0 Å². The number of anilines is 2. The molecule has 0 spiro atoms. The summed E-state index contributed by atoms with van der Waals surface area (Å²) in [7, 11) is 4.68. The highest BCUT2D eigenvalue weighted by Gasteiger charge is 2.24. The average molecular weight is 452 g/mol. The fourth-order valence-corrected chi connectivity index (χ4v) is 3.03. The second kappa shape index (κ2) is 9.94. The third kappa shape index (κ3) is 5.72. The van der Waals surface area contributed by atoms with Crippen molar-refractivity contribution in [3.05, 3.63) is 61.1 Å². The van der Waals surface area contributed by atoms with Crippen molar-refractivity contribution in [1.82, 2.24) is 5.32 Å². The average Bonchev–Trinajstić information content (AvgIpc) is 2.71. The number of nitro groups is 2. The number of hydrogen-bond donors (Lipinski definition) is 2. The lowest BCUT2D eigenvalue weighted by Crippen LogP contribution is -2.37. The van der Waals surface area contributed by atoms with Crippen molar-refractivity contribution in [3.63, 3.8) is 0 Å². The van der Waals surface area contributed by atoms with Gasteiger partial charge in [-0.2, -0.15) is 0 Å². The van der Waals surface area contributed by atoms with E-state index in [4.69, 9.17) is 16.3 Å². The number of benzene rings is 2. The number of nitro benzene ring substituents is 2. The van der Waals surface area contributed by atoms with Gasteiger partial charge >= 0.3 is 0 Å². The van der Waals surface area contributed by atoms with Gasteiger partial charge in [-0.3, -0.25) is 25.0 Å². The van der Waals surface area contributed by atoms with Crippen LogP contribution in [0, 0.1) is 20.2 Å². The van der Waals surface area contributed by atoms with Gasteiger partial charge in [0.1, 0.15) is 11.4 Å². The number of ether oxygens (including phenoxy) is 1. The summed E-state index contributed by atoms with van der Waals surface area (Å²) in [5.41, 5.74) is 0.448. The van der Waals surface area contributed by atoms with Gasteiger partial charge in [0.25, 0.3) is 17.3 Å². The standard InChI is InChI=1S/C19H22ClN5O6/c1-11(10-21-15-6-5-12(24(27)28)7-14(15)20)22-19(26)13-8-17(25(29)30)16(23(2)3)9-18(13)31-4/h5-9,11,21H,10H2,1-4H3,(H,22,26)/t11-/m0/s1. The molecule has 166 valence electrons. The van der Waals surface area contributed by atoms with Gasteiger partial charge in [0.2, 0.25) is 0 Å². The van der Waals surface area contributed by atoms with Crippen molar-refractivity contribution in [2.45, 2.75) is 13.0 Å². The van der Waals surface area contributed by atoms with Crippen LogP contribution in [-0.2, 0) is 0 Å². The van der Waals surface area contributed by atoms with Crippen LogP contribution in [0.15, 0.2) is 30.3 Å². The fourth-order valence-electron chi connectivity index (χ4n) is 2.78. The minimum atomic E-state index is -0.562. The van der Waals surface area contributed by atoms with Crippen LogP contribution in [0.5, 0.6) is 5.75 Å². The zero-order valence-corrected chi connectivity index (χ0v) is 18.1. The Morgan fingerprint density at radius 3 is 2.39 bits per heavy atom. The highest BCUT2D eigenvalue weighted by molar-refractivity contribution is 6.33. The molecule has 0 aliphatic rings. The number of methoxy groups -OCH3 is 1. The molecule has 1 amide bonds. The third-order valence-corrected chi connectivity index (χ3v) is 4.67. The first-order valence-corrected chi connectivity index (χ1v) is 9.45. The second-order valence-electron chi connectivity index (χ2n) is 6.87. The summed E-state index contributed by atoms with van der Waals surface area (Å²) < 4.78 is 5.25. The van der Waals surface area contributed by atoms with Gasteiger partial charge in [0.05, 0.1) is 33.2 Å². The molecule has 0 saturated carbocycles. The zero-order valence-electron chi connectivity index (χ0n) is 17.3. The zero-order chi connectivity index (χ0) is 23.3.